The molecule has 0 saturated heterocycles. The van der Waals surface area contributed by atoms with Gasteiger partial charge in [0, 0.05) is 16.2 Å². The van der Waals surface area contributed by atoms with Crippen molar-refractivity contribution in [1.82, 2.24) is 4.98 Å². The number of carbonyl (C=O) groups excluding carboxylic acids is 1. The Balaban J connectivity index is 2.62. The summed E-state index contributed by atoms with van der Waals surface area (Å²) in [6.45, 7) is 2.17. The molecule has 5 heteroatoms. The summed E-state index contributed by atoms with van der Waals surface area (Å²) in [6.07, 6.45) is 5.32. The van der Waals surface area contributed by atoms with E-state index in [2.05, 4.69) is 20.9 Å². The Morgan fingerprint density at radius 2 is 2.44 bits per heavy atom. The van der Waals surface area contributed by atoms with E-state index >= 15 is 0 Å². The highest BCUT2D eigenvalue weighted by Crippen LogP contribution is 2.16. The lowest BCUT2D eigenvalue weighted by Crippen LogP contribution is -2.01. The van der Waals surface area contributed by atoms with Crippen molar-refractivity contribution >= 4 is 33.8 Å². The number of pyridine rings is 1. The van der Waals surface area contributed by atoms with Gasteiger partial charge in [0.2, 0.25) is 0 Å². The van der Waals surface area contributed by atoms with Gasteiger partial charge in [-0.1, -0.05) is 12.2 Å². The number of anilines is 1. The zero-order valence-electron chi connectivity index (χ0n) is 8.94. The van der Waals surface area contributed by atoms with Gasteiger partial charge in [-0.2, -0.15) is 0 Å². The van der Waals surface area contributed by atoms with Crippen LogP contribution >= 0.6 is 15.9 Å². The van der Waals surface area contributed by atoms with Gasteiger partial charge in [0.05, 0.1) is 13.0 Å². The number of esters is 1. The van der Waals surface area contributed by atoms with E-state index in [1.54, 1.807) is 25.3 Å². The first-order valence-electron chi connectivity index (χ1n) is 4.86. The summed E-state index contributed by atoms with van der Waals surface area (Å²) in [5.41, 5.74) is 6.44. The summed E-state index contributed by atoms with van der Waals surface area (Å²) >= 11 is 3.30. The van der Waals surface area contributed by atoms with Gasteiger partial charge < -0.3 is 10.5 Å². The van der Waals surface area contributed by atoms with Crippen LogP contribution in [0.3, 0.4) is 0 Å². The molecule has 0 aliphatic heterocycles. The Kier molecular flexibility index (Phi) is 4.98. The van der Waals surface area contributed by atoms with E-state index < -0.39 is 0 Å². The molecule has 2 N–H and O–H groups in total. The molecule has 0 bridgehead atoms. The zero-order chi connectivity index (χ0) is 12.0. The third-order valence-electron chi connectivity index (χ3n) is 1.80. The lowest BCUT2D eigenvalue weighted by Gasteiger charge is -2.00. The van der Waals surface area contributed by atoms with Crippen LogP contribution in [0.25, 0.3) is 6.08 Å². The number of nitrogens with zero attached hydrogens (tertiary/aromatic N) is 1. The van der Waals surface area contributed by atoms with Crippen molar-refractivity contribution in [3.05, 3.63) is 28.4 Å². The molecule has 0 atom stereocenters. The minimum absolute atomic E-state index is 0.236. The Bertz CT molecular complexity index is 405. The Hall–Kier alpha value is -1.36. The smallest absolute Gasteiger partial charge is 0.309 e. The monoisotopic (exact) mass is 284 g/mol. The average Bonchev–Trinajstić information content (AvgIpc) is 2.23. The first-order chi connectivity index (χ1) is 7.63. The maximum Gasteiger partial charge on any atom is 0.309 e. The molecule has 1 rings (SSSR count). The number of hydrogen-bond acceptors (Lipinski definition) is 4. The Morgan fingerprint density at radius 3 is 3.12 bits per heavy atom. The van der Waals surface area contributed by atoms with Crippen molar-refractivity contribution < 1.29 is 9.53 Å². The average molecular weight is 285 g/mol. The molecule has 86 valence electrons. The third-order valence-corrected chi connectivity index (χ3v) is 2.24. The van der Waals surface area contributed by atoms with Crippen LogP contribution in [-0.2, 0) is 9.53 Å². The zero-order valence-corrected chi connectivity index (χ0v) is 10.5. The van der Waals surface area contributed by atoms with Crippen LogP contribution in [0.5, 0.6) is 0 Å². The van der Waals surface area contributed by atoms with Crippen LogP contribution in [0.15, 0.2) is 22.8 Å². The number of rotatable bonds is 4. The molecule has 0 radical (unpaired) electrons. The second-order valence-electron chi connectivity index (χ2n) is 3.04. The van der Waals surface area contributed by atoms with E-state index in [1.807, 2.05) is 6.07 Å². The fourth-order valence-electron chi connectivity index (χ4n) is 1.10. The Labute approximate surface area is 103 Å². The quantitative estimate of drug-likeness (QED) is 0.863. The van der Waals surface area contributed by atoms with Gasteiger partial charge in [-0.3, -0.25) is 4.79 Å². The molecule has 0 aliphatic rings. The largest absolute Gasteiger partial charge is 0.466 e. The van der Waals surface area contributed by atoms with Gasteiger partial charge in [-0.15, -0.1) is 0 Å². The fourth-order valence-corrected chi connectivity index (χ4v) is 1.45. The predicted octanol–water partition coefficient (Wildman–Crippen LogP) is 2.39. The van der Waals surface area contributed by atoms with Crippen molar-refractivity contribution in [3.63, 3.8) is 0 Å². The second-order valence-corrected chi connectivity index (χ2v) is 3.96. The highest BCUT2D eigenvalue weighted by atomic mass is 79.9. The molecular formula is C11H13BrN2O2. The van der Waals surface area contributed by atoms with Crippen LogP contribution in [-0.4, -0.2) is 17.6 Å². The summed E-state index contributed by atoms with van der Waals surface area (Å²) in [5.74, 6) is 0.184. The first-order valence-corrected chi connectivity index (χ1v) is 5.66. The second kappa shape index (κ2) is 6.27. The SMILES string of the molecule is CCOC(=O)CC=Cc1cc(Br)cnc1N. The normalized spacial score (nSPS) is 10.6. The van der Waals surface area contributed by atoms with E-state index in [9.17, 15) is 4.79 Å². The van der Waals surface area contributed by atoms with Crippen molar-refractivity contribution in [2.45, 2.75) is 13.3 Å². The summed E-state index contributed by atoms with van der Waals surface area (Å²) in [5, 5.41) is 0. The number of halogens is 1. The van der Waals surface area contributed by atoms with Crippen LogP contribution < -0.4 is 5.73 Å². The molecule has 4 nitrogen and oxygen atoms in total. The molecular weight excluding hydrogens is 272 g/mol. The molecule has 1 aromatic rings. The van der Waals surface area contributed by atoms with Crippen molar-refractivity contribution in [1.29, 1.82) is 0 Å². The number of hydrogen-bond donors (Lipinski definition) is 1. The van der Waals surface area contributed by atoms with Crippen molar-refractivity contribution in [2.75, 3.05) is 12.3 Å². The lowest BCUT2D eigenvalue weighted by molar-refractivity contribution is -0.142. The predicted molar refractivity (Wildman–Crippen MR) is 66.6 cm³/mol. The van der Waals surface area contributed by atoms with Gasteiger partial charge in [0.1, 0.15) is 5.82 Å². The minimum atomic E-state index is -0.250. The molecule has 1 heterocycles. The fraction of sp³-hybridized carbons (Fsp3) is 0.273. The number of nitrogens with two attached hydrogens (primary N) is 1. The van der Waals surface area contributed by atoms with Gasteiger partial charge in [-0.25, -0.2) is 4.98 Å². The summed E-state index contributed by atoms with van der Waals surface area (Å²) in [6, 6.07) is 1.84. The van der Waals surface area contributed by atoms with E-state index in [-0.39, 0.29) is 12.4 Å². The van der Waals surface area contributed by atoms with Crippen molar-refractivity contribution in [3.8, 4) is 0 Å². The van der Waals surface area contributed by atoms with Gasteiger partial charge in [0.15, 0.2) is 0 Å². The van der Waals surface area contributed by atoms with Gasteiger partial charge in [-0.05, 0) is 28.9 Å². The third kappa shape index (κ3) is 4.02. The van der Waals surface area contributed by atoms with E-state index in [0.29, 0.717) is 12.4 Å². The maximum atomic E-state index is 11.1. The molecule has 0 aromatic carbocycles. The number of carbonyl (C=O) groups is 1. The highest BCUT2D eigenvalue weighted by molar-refractivity contribution is 9.10. The van der Waals surface area contributed by atoms with Crippen LogP contribution in [0.1, 0.15) is 18.9 Å². The molecule has 0 aliphatic carbocycles. The molecule has 0 amide bonds. The first kappa shape index (κ1) is 12.7. The van der Waals surface area contributed by atoms with E-state index in [4.69, 9.17) is 10.5 Å². The van der Waals surface area contributed by atoms with E-state index in [0.717, 1.165) is 10.0 Å². The molecule has 1 aromatic heterocycles. The summed E-state index contributed by atoms with van der Waals surface area (Å²) in [7, 11) is 0. The molecule has 0 saturated carbocycles. The van der Waals surface area contributed by atoms with Crippen LogP contribution in [0.2, 0.25) is 0 Å². The van der Waals surface area contributed by atoms with Gasteiger partial charge in [0.25, 0.3) is 0 Å². The topological polar surface area (TPSA) is 65.2 Å². The summed E-state index contributed by atoms with van der Waals surface area (Å²) in [4.78, 5) is 15.0. The number of aromatic nitrogens is 1. The molecule has 16 heavy (non-hydrogen) atoms. The Morgan fingerprint density at radius 1 is 1.69 bits per heavy atom. The maximum absolute atomic E-state index is 11.1. The molecule has 0 spiro atoms. The number of ether oxygens (including phenoxy) is 1. The number of nitrogen functional groups attached to an aromatic ring is 1. The van der Waals surface area contributed by atoms with E-state index in [1.165, 1.54) is 0 Å². The molecule has 0 unspecified atom stereocenters. The van der Waals surface area contributed by atoms with Gasteiger partial charge >= 0.3 is 5.97 Å². The standard InChI is InChI=1S/C11H13BrN2O2/c1-2-16-10(15)5-3-4-8-6-9(12)7-14-11(8)13/h3-4,6-7H,2,5H2,1H3,(H2,13,14). The van der Waals surface area contributed by atoms with Crippen molar-refractivity contribution in [2.24, 2.45) is 0 Å². The summed E-state index contributed by atoms with van der Waals surface area (Å²) < 4.78 is 5.63. The lowest BCUT2D eigenvalue weighted by atomic mass is 10.2. The molecule has 0 fully saturated rings. The van der Waals surface area contributed by atoms with Crippen LogP contribution in [0.4, 0.5) is 5.82 Å². The minimum Gasteiger partial charge on any atom is -0.466 e. The highest BCUT2D eigenvalue weighted by Gasteiger charge is 1.99. The van der Waals surface area contributed by atoms with Crippen LogP contribution in [0, 0.1) is 0 Å².